The molecule has 0 atom stereocenters. The number of carbonyl (C=O) groups excluding carboxylic acids is 1. The Morgan fingerprint density at radius 1 is 0.765 bits per heavy atom. The smallest absolute Gasteiger partial charge is 0.185 e. The predicted octanol–water partition coefficient (Wildman–Crippen LogP) is 8.58. The fourth-order valence-corrected chi connectivity index (χ4v) is 3.83. The molecule has 0 amide bonds. The first-order valence-electron chi connectivity index (χ1n) is 12.4. The lowest BCUT2D eigenvalue weighted by atomic mass is 10.0. The van der Waals surface area contributed by atoms with Gasteiger partial charge in [-0.2, -0.15) is 0 Å². The van der Waals surface area contributed by atoms with Crippen LogP contribution in [0.25, 0.3) is 11.6 Å². The van der Waals surface area contributed by atoms with Gasteiger partial charge in [-0.25, -0.2) is 0 Å². The fraction of sp³-hybridized carbons (Fsp3) is 0.281. The molecule has 0 N–H and O–H groups in total. The lowest BCUT2D eigenvalue weighted by Crippen LogP contribution is -1.97. The number of benzene rings is 3. The summed E-state index contributed by atoms with van der Waals surface area (Å²) in [5.41, 5.74) is 5.46. The maximum atomic E-state index is 12.2. The number of hydrogen-bond acceptors (Lipinski definition) is 2. The zero-order chi connectivity index (χ0) is 24.0. The van der Waals surface area contributed by atoms with E-state index in [0.29, 0.717) is 5.56 Å². The van der Waals surface area contributed by atoms with Crippen molar-refractivity contribution in [3.05, 3.63) is 114 Å². The summed E-state index contributed by atoms with van der Waals surface area (Å²) in [6.45, 7) is 6.79. The van der Waals surface area contributed by atoms with Crippen molar-refractivity contribution in [2.75, 3.05) is 6.61 Å². The largest absolute Gasteiger partial charge is 0.494 e. The molecule has 34 heavy (non-hydrogen) atoms. The van der Waals surface area contributed by atoms with Gasteiger partial charge in [0.05, 0.1) is 6.61 Å². The normalized spacial score (nSPS) is 11.0. The number of rotatable bonds is 14. The molecule has 0 fully saturated rings. The van der Waals surface area contributed by atoms with Gasteiger partial charge >= 0.3 is 0 Å². The van der Waals surface area contributed by atoms with Crippen LogP contribution in [0.5, 0.6) is 5.75 Å². The van der Waals surface area contributed by atoms with Crippen LogP contribution in [0.3, 0.4) is 0 Å². The molecule has 2 heteroatoms. The summed E-state index contributed by atoms with van der Waals surface area (Å²) in [6, 6.07) is 26.0. The zero-order valence-electron chi connectivity index (χ0n) is 20.3. The van der Waals surface area contributed by atoms with Gasteiger partial charge in [-0.15, -0.1) is 0 Å². The summed E-state index contributed by atoms with van der Waals surface area (Å²) in [5.74, 6) is 0.891. The summed E-state index contributed by atoms with van der Waals surface area (Å²) in [7, 11) is 0. The van der Waals surface area contributed by atoms with Crippen molar-refractivity contribution in [3.8, 4) is 5.75 Å². The Hall–Kier alpha value is -3.39. The molecule has 0 heterocycles. The molecular formula is C32H36O2. The molecular weight excluding hydrogens is 416 g/mol. The number of hydrogen-bond donors (Lipinski definition) is 0. The quantitative estimate of drug-likeness (QED) is 0.139. The first kappa shape index (κ1) is 25.2. The minimum atomic E-state index is 0.0122. The second-order valence-electron chi connectivity index (χ2n) is 8.83. The van der Waals surface area contributed by atoms with E-state index in [0.717, 1.165) is 36.3 Å². The Morgan fingerprint density at radius 3 is 2.09 bits per heavy atom. The summed E-state index contributed by atoms with van der Waals surface area (Å²) >= 11 is 0. The van der Waals surface area contributed by atoms with E-state index in [-0.39, 0.29) is 5.78 Å². The van der Waals surface area contributed by atoms with Crippen LogP contribution in [-0.2, 0) is 6.42 Å². The van der Waals surface area contributed by atoms with Crippen LogP contribution in [0.2, 0.25) is 0 Å². The maximum Gasteiger partial charge on any atom is 0.185 e. The Morgan fingerprint density at radius 2 is 1.41 bits per heavy atom. The van der Waals surface area contributed by atoms with Gasteiger partial charge < -0.3 is 4.74 Å². The van der Waals surface area contributed by atoms with E-state index in [9.17, 15) is 4.79 Å². The zero-order valence-corrected chi connectivity index (χ0v) is 20.3. The number of ketones is 1. The van der Waals surface area contributed by atoms with Crippen molar-refractivity contribution in [2.45, 2.75) is 51.9 Å². The molecule has 0 unspecified atom stereocenters. The first-order chi connectivity index (χ1) is 16.6. The van der Waals surface area contributed by atoms with Crippen LogP contribution in [0, 0.1) is 0 Å². The average molecular weight is 453 g/mol. The number of unbranched alkanes of at least 4 members (excludes halogenated alkanes) is 5. The van der Waals surface area contributed by atoms with Gasteiger partial charge in [0.1, 0.15) is 5.75 Å². The highest BCUT2D eigenvalue weighted by molar-refractivity contribution is 6.06. The molecule has 2 nitrogen and oxygen atoms in total. The van der Waals surface area contributed by atoms with E-state index in [1.165, 1.54) is 43.2 Å². The van der Waals surface area contributed by atoms with E-state index in [4.69, 9.17) is 4.74 Å². The molecule has 0 aromatic heterocycles. The number of carbonyl (C=O) groups is 1. The van der Waals surface area contributed by atoms with Gasteiger partial charge in [-0.05, 0) is 61.1 Å². The van der Waals surface area contributed by atoms with Gasteiger partial charge in [-0.1, -0.05) is 111 Å². The molecule has 0 spiro atoms. The van der Waals surface area contributed by atoms with Crippen LogP contribution in [0.1, 0.15) is 72.5 Å². The molecule has 0 saturated carbocycles. The van der Waals surface area contributed by atoms with Crippen LogP contribution in [-0.4, -0.2) is 12.4 Å². The van der Waals surface area contributed by atoms with Gasteiger partial charge in [0, 0.05) is 5.56 Å². The molecule has 3 rings (SSSR count). The molecule has 0 bridgehead atoms. The van der Waals surface area contributed by atoms with E-state index in [2.05, 4.69) is 30.8 Å². The average Bonchev–Trinajstić information content (AvgIpc) is 2.87. The van der Waals surface area contributed by atoms with Crippen LogP contribution in [0.15, 0.2) is 91.5 Å². The highest BCUT2D eigenvalue weighted by Gasteiger charge is 2.00. The highest BCUT2D eigenvalue weighted by Crippen LogP contribution is 2.16. The monoisotopic (exact) mass is 452 g/mol. The van der Waals surface area contributed by atoms with Crippen LogP contribution >= 0.6 is 0 Å². The molecule has 176 valence electrons. The van der Waals surface area contributed by atoms with Gasteiger partial charge in [-0.3, -0.25) is 4.79 Å². The van der Waals surface area contributed by atoms with Crippen molar-refractivity contribution in [1.82, 2.24) is 0 Å². The SMILES string of the molecule is C=C(C)c1ccc(CCCCCCCCOc2ccc(/C=C/C(=O)c3ccccc3)cc2)cc1. The maximum absolute atomic E-state index is 12.2. The molecule has 0 aliphatic rings. The van der Waals surface area contributed by atoms with Crippen molar-refractivity contribution in [2.24, 2.45) is 0 Å². The molecule has 0 aliphatic carbocycles. The second kappa shape index (κ2) is 14.0. The second-order valence-corrected chi connectivity index (χ2v) is 8.83. The van der Waals surface area contributed by atoms with Gasteiger partial charge in [0.2, 0.25) is 0 Å². The summed E-state index contributed by atoms with van der Waals surface area (Å²) in [6.07, 6.45) is 12.0. The van der Waals surface area contributed by atoms with E-state index in [1.807, 2.05) is 67.6 Å². The Labute approximate surface area is 205 Å². The Bertz CT molecular complexity index is 1040. The summed E-state index contributed by atoms with van der Waals surface area (Å²) in [4.78, 5) is 12.2. The Balaban J connectivity index is 1.24. The van der Waals surface area contributed by atoms with Crippen LogP contribution in [0.4, 0.5) is 0 Å². The third-order valence-electron chi connectivity index (χ3n) is 5.94. The standard InChI is InChI=1S/C32H36O2/c1-26(2)29-20-15-27(16-21-29)12-8-5-3-4-6-11-25-34-31-22-17-28(18-23-31)19-24-32(33)30-13-9-7-10-14-30/h7,9-10,13-24H,1,3-6,8,11-12,25H2,2H3/b24-19+. The lowest BCUT2D eigenvalue weighted by molar-refractivity contribution is 0.104. The third-order valence-corrected chi connectivity index (χ3v) is 5.94. The third kappa shape index (κ3) is 8.86. The molecule has 3 aromatic carbocycles. The minimum absolute atomic E-state index is 0.0122. The summed E-state index contributed by atoms with van der Waals surface area (Å²) in [5, 5.41) is 0. The van der Waals surface area contributed by atoms with Gasteiger partial charge in [0.25, 0.3) is 0 Å². The van der Waals surface area contributed by atoms with E-state index < -0.39 is 0 Å². The molecule has 3 aromatic rings. The van der Waals surface area contributed by atoms with Gasteiger partial charge in [0.15, 0.2) is 5.78 Å². The predicted molar refractivity (Wildman–Crippen MR) is 144 cm³/mol. The highest BCUT2D eigenvalue weighted by atomic mass is 16.5. The number of allylic oxidation sites excluding steroid dienone is 2. The fourth-order valence-electron chi connectivity index (χ4n) is 3.83. The van der Waals surface area contributed by atoms with Crippen LogP contribution < -0.4 is 4.74 Å². The topological polar surface area (TPSA) is 26.3 Å². The number of aryl methyl sites for hydroxylation is 1. The van der Waals surface area contributed by atoms with Crippen molar-refractivity contribution in [3.63, 3.8) is 0 Å². The number of ether oxygens (including phenoxy) is 1. The molecule has 0 radical (unpaired) electrons. The van der Waals surface area contributed by atoms with E-state index >= 15 is 0 Å². The van der Waals surface area contributed by atoms with Crippen molar-refractivity contribution < 1.29 is 9.53 Å². The van der Waals surface area contributed by atoms with Crippen molar-refractivity contribution in [1.29, 1.82) is 0 Å². The lowest BCUT2D eigenvalue weighted by Gasteiger charge is -2.07. The summed E-state index contributed by atoms with van der Waals surface area (Å²) < 4.78 is 5.87. The minimum Gasteiger partial charge on any atom is -0.494 e. The Kier molecular flexibility index (Phi) is 10.4. The molecule has 0 saturated heterocycles. The first-order valence-corrected chi connectivity index (χ1v) is 12.4. The van der Waals surface area contributed by atoms with E-state index in [1.54, 1.807) is 6.08 Å². The van der Waals surface area contributed by atoms with Crippen molar-refractivity contribution >= 4 is 17.4 Å². The molecule has 0 aliphatic heterocycles.